The summed E-state index contributed by atoms with van der Waals surface area (Å²) >= 11 is 0. The third-order valence-electron chi connectivity index (χ3n) is 5.13. The molecule has 0 aliphatic carbocycles. The van der Waals surface area contributed by atoms with E-state index < -0.39 is 0 Å². The number of Topliss-reactive ketones (excluding diaryl/α,β-unsaturated/α-hetero) is 1. The summed E-state index contributed by atoms with van der Waals surface area (Å²) < 4.78 is 0. The Labute approximate surface area is 125 Å². The zero-order valence-corrected chi connectivity index (χ0v) is 12.2. The fourth-order valence-corrected chi connectivity index (χ4v) is 4.18. The molecule has 0 radical (unpaired) electrons. The van der Waals surface area contributed by atoms with E-state index in [2.05, 4.69) is 23.5 Å². The third kappa shape index (κ3) is 2.49. The van der Waals surface area contributed by atoms with Crippen LogP contribution in [0.4, 0.5) is 0 Å². The fraction of sp³-hybridized carbons (Fsp3) is 0.421. The van der Waals surface area contributed by atoms with Crippen molar-refractivity contribution < 1.29 is 4.79 Å². The molecule has 2 aromatic rings. The van der Waals surface area contributed by atoms with Crippen LogP contribution < -0.4 is 5.32 Å². The van der Waals surface area contributed by atoms with E-state index in [0.29, 0.717) is 30.2 Å². The summed E-state index contributed by atoms with van der Waals surface area (Å²) in [5.41, 5.74) is 0.902. The van der Waals surface area contributed by atoms with E-state index in [4.69, 9.17) is 0 Å². The number of nitrogens with one attached hydrogen (secondary N) is 1. The lowest BCUT2D eigenvalue weighted by Crippen LogP contribution is -2.38. The highest BCUT2D eigenvalue weighted by molar-refractivity contribution is 6.08. The predicted molar refractivity (Wildman–Crippen MR) is 85.6 cm³/mol. The van der Waals surface area contributed by atoms with Gasteiger partial charge in [-0.2, -0.15) is 0 Å². The van der Waals surface area contributed by atoms with Crippen LogP contribution in [0.2, 0.25) is 0 Å². The second-order valence-electron chi connectivity index (χ2n) is 6.63. The maximum absolute atomic E-state index is 12.7. The highest BCUT2D eigenvalue weighted by Crippen LogP contribution is 2.34. The summed E-state index contributed by atoms with van der Waals surface area (Å²) in [4.78, 5) is 12.7. The van der Waals surface area contributed by atoms with Crippen LogP contribution in [-0.2, 0) is 0 Å². The van der Waals surface area contributed by atoms with Crippen LogP contribution in [-0.4, -0.2) is 17.9 Å². The second kappa shape index (κ2) is 5.27. The SMILES string of the molecule is O=C(CC1CC2CCC(C1)N2)c1cccc2ccccc12. The molecular weight excluding hydrogens is 258 g/mol. The number of piperidine rings is 1. The van der Waals surface area contributed by atoms with Crippen molar-refractivity contribution in [3.63, 3.8) is 0 Å². The number of ketones is 1. The van der Waals surface area contributed by atoms with Gasteiger partial charge in [0.25, 0.3) is 0 Å². The molecule has 1 N–H and O–H groups in total. The molecule has 2 atom stereocenters. The molecule has 2 saturated heterocycles. The highest BCUT2D eigenvalue weighted by Gasteiger charge is 2.34. The van der Waals surface area contributed by atoms with Gasteiger partial charge in [0.05, 0.1) is 0 Å². The van der Waals surface area contributed by atoms with E-state index in [1.54, 1.807) is 0 Å². The minimum absolute atomic E-state index is 0.318. The monoisotopic (exact) mass is 279 g/mol. The Morgan fingerprint density at radius 1 is 1.00 bits per heavy atom. The first-order chi connectivity index (χ1) is 10.3. The molecule has 2 nitrogen and oxygen atoms in total. The van der Waals surface area contributed by atoms with Crippen molar-refractivity contribution in [2.75, 3.05) is 0 Å². The number of hydrogen-bond acceptors (Lipinski definition) is 2. The number of hydrogen-bond donors (Lipinski definition) is 1. The maximum Gasteiger partial charge on any atom is 0.163 e. The molecule has 0 aromatic heterocycles. The lowest BCUT2D eigenvalue weighted by Gasteiger charge is -2.28. The molecule has 2 unspecified atom stereocenters. The average molecular weight is 279 g/mol. The van der Waals surface area contributed by atoms with Gasteiger partial charge in [0, 0.05) is 24.1 Å². The highest BCUT2D eigenvalue weighted by atomic mass is 16.1. The van der Waals surface area contributed by atoms with Crippen LogP contribution in [0.5, 0.6) is 0 Å². The molecule has 2 heteroatoms. The summed E-state index contributed by atoms with van der Waals surface area (Å²) in [6.07, 6.45) is 5.65. The molecule has 108 valence electrons. The van der Waals surface area contributed by atoms with Crippen molar-refractivity contribution in [1.29, 1.82) is 0 Å². The minimum Gasteiger partial charge on any atom is -0.311 e. The van der Waals surface area contributed by atoms with Gasteiger partial charge >= 0.3 is 0 Å². The summed E-state index contributed by atoms with van der Waals surface area (Å²) in [5, 5.41) is 5.91. The van der Waals surface area contributed by atoms with Crippen LogP contribution in [0.15, 0.2) is 42.5 Å². The van der Waals surface area contributed by atoms with E-state index in [1.807, 2.05) is 24.3 Å². The van der Waals surface area contributed by atoms with Crippen molar-refractivity contribution in [2.45, 2.75) is 44.2 Å². The number of carbonyl (C=O) groups excluding carboxylic acids is 1. The van der Waals surface area contributed by atoms with E-state index >= 15 is 0 Å². The zero-order valence-electron chi connectivity index (χ0n) is 12.2. The third-order valence-corrected chi connectivity index (χ3v) is 5.13. The van der Waals surface area contributed by atoms with Crippen LogP contribution in [0.3, 0.4) is 0 Å². The molecule has 21 heavy (non-hydrogen) atoms. The summed E-state index contributed by atoms with van der Waals surface area (Å²) in [6.45, 7) is 0. The summed E-state index contributed by atoms with van der Waals surface area (Å²) in [6, 6.07) is 15.6. The molecule has 2 aliphatic rings. The van der Waals surface area contributed by atoms with E-state index in [0.717, 1.165) is 16.3 Å². The molecule has 2 bridgehead atoms. The standard InChI is InChI=1S/C19H21NO/c21-19(12-13-10-15-8-9-16(11-13)20-15)18-7-3-5-14-4-1-2-6-17(14)18/h1-7,13,15-16,20H,8-12H2. The molecule has 2 aliphatic heterocycles. The van der Waals surface area contributed by atoms with Gasteiger partial charge in [0.15, 0.2) is 5.78 Å². The van der Waals surface area contributed by atoms with Gasteiger partial charge in [-0.1, -0.05) is 42.5 Å². The quantitative estimate of drug-likeness (QED) is 0.862. The number of fused-ring (bicyclic) bond motifs is 3. The van der Waals surface area contributed by atoms with Crippen molar-refractivity contribution in [3.8, 4) is 0 Å². The van der Waals surface area contributed by atoms with Gasteiger partial charge in [-0.3, -0.25) is 4.79 Å². The molecule has 0 amide bonds. The van der Waals surface area contributed by atoms with Crippen LogP contribution in [0.1, 0.15) is 42.5 Å². The van der Waals surface area contributed by atoms with E-state index in [1.165, 1.54) is 25.7 Å². The lowest BCUT2D eigenvalue weighted by molar-refractivity contribution is 0.0947. The molecule has 0 saturated carbocycles. The van der Waals surface area contributed by atoms with Gasteiger partial charge in [-0.05, 0) is 42.4 Å². The molecule has 2 aromatic carbocycles. The predicted octanol–water partition coefficient (Wildman–Crippen LogP) is 3.94. The summed E-state index contributed by atoms with van der Waals surface area (Å²) in [5.74, 6) is 0.883. The van der Waals surface area contributed by atoms with Crippen molar-refractivity contribution in [3.05, 3.63) is 48.0 Å². The minimum atomic E-state index is 0.318. The summed E-state index contributed by atoms with van der Waals surface area (Å²) in [7, 11) is 0. The Bertz CT molecular complexity index is 661. The molecular formula is C19H21NO. The Morgan fingerprint density at radius 3 is 2.52 bits per heavy atom. The number of carbonyl (C=O) groups is 1. The normalized spacial score (nSPS) is 27.9. The van der Waals surface area contributed by atoms with Gasteiger partial charge in [-0.15, -0.1) is 0 Å². The molecule has 2 fully saturated rings. The van der Waals surface area contributed by atoms with Crippen molar-refractivity contribution in [2.24, 2.45) is 5.92 Å². The molecule has 2 heterocycles. The lowest BCUT2D eigenvalue weighted by atomic mass is 9.86. The van der Waals surface area contributed by atoms with Crippen molar-refractivity contribution >= 4 is 16.6 Å². The fourth-order valence-electron chi connectivity index (χ4n) is 4.18. The van der Waals surface area contributed by atoms with Gasteiger partial charge < -0.3 is 5.32 Å². The Morgan fingerprint density at radius 2 is 1.71 bits per heavy atom. The first-order valence-corrected chi connectivity index (χ1v) is 8.06. The first-order valence-electron chi connectivity index (χ1n) is 8.06. The maximum atomic E-state index is 12.7. The molecule has 0 spiro atoms. The van der Waals surface area contributed by atoms with E-state index in [-0.39, 0.29) is 0 Å². The molecule has 4 rings (SSSR count). The first kappa shape index (κ1) is 13.0. The zero-order chi connectivity index (χ0) is 14.2. The van der Waals surface area contributed by atoms with Crippen LogP contribution in [0.25, 0.3) is 10.8 Å². The smallest absolute Gasteiger partial charge is 0.163 e. The average Bonchev–Trinajstić information content (AvgIpc) is 2.85. The van der Waals surface area contributed by atoms with Crippen LogP contribution in [0, 0.1) is 5.92 Å². The van der Waals surface area contributed by atoms with Gasteiger partial charge in [0.2, 0.25) is 0 Å². The van der Waals surface area contributed by atoms with E-state index in [9.17, 15) is 4.79 Å². The van der Waals surface area contributed by atoms with Gasteiger partial charge in [0.1, 0.15) is 0 Å². The second-order valence-corrected chi connectivity index (χ2v) is 6.63. The Kier molecular flexibility index (Phi) is 3.27. The number of benzene rings is 2. The van der Waals surface area contributed by atoms with Crippen molar-refractivity contribution in [1.82, 2.24) is 5.32 Å². The largest absolute Gasteiger partial charge is 0.311 e. The topological polar surface area (TPSA) is 29.1 Å². The Balaban J connectivity index is 1.56. The van der Waals surface area contributed by atoms with Crippen LogP contribution >= 0.6 is 0 Å². The number of rotatable bonds is 3. The Hall–Kier alpha value is -1.67. The van der Waals surface area contributed by atoms with Gasteiger partial charge in [-0.25, -0.2) is 0 Å².